The summed E-state index contributed by atoms with van der Waals surface area (Å²) in [5, 5.41) is 3.47. The molecule has 106 valence electrons. The Bertz CT molecular complexity index is 566. The zero-order chi connectivity index (χ0) is 14.5. The van der Waals surface area contributed by atoms with Crippen molar-refractivity contribution in [3.63, 3.8) is 0 Å². The van der Waals surface area contributed by atoms with Crippen LogP contribution in [0.5, 0.6) is 5.75 Å². The molecule has 2 rings (SSSR count). The highest BCUT2D eigenvalue weighted by Gasteiger charge is 2.14. The van der Waals surface area contributed by atoms with Crippen molar-refractivity contribution < 1.29 is 4.74 Å². The van der Waals surface area contributed by atoms with Crippen molar-refractivity contribution in [2.75, 3.05) is 19.0 Å². The first-order valence-electron chi connectivity index (χ1n) is 6.50. The molecule has 0 aromatic heterocycles. The summed E-state index contributed by atoms with van der Waals surface area (Å²) < 4.78 is 6.46. The summed E-state index contributed by atoms with van der Waals surface area (Å²) in [6, 6.07) is 14.2. The largest absolute Gasteiger partial charge is 0.496 e. The average Bonchev–Trinajstić information content (AvgIpc) is 2.43. The molecule has 0 amide bonds. The summed E-state index contributed by atoms with van der Waals surface area (Å²) in [5.74, 6) is 0.849. The van der Waals surface area contributed by atoms with E-state index >= 15 is 0 Å². The van der Waals surface area contributed by atoms with Gasteiger partial charge in [-0.25, -0.2) is 0 Å². The summed E-state index contributed by atoms with van der Waals surface area (Å²) in [5.41, 5.74) is 9.22. The molecule has 1 unspecified atom stereocenters. The van der Waals surface area contributed by atoms with Crippen molar-refractivity contribution in [1.82, 2.24) is 0 Å². The van der Waals surface area contributed by atoms with Crippen LogP contribution in [0.15, 0.2) is 46.9 Å². The number of nitrogens with one attached hydrogen (secondary N) is 1. The Labute approximate surface area is 128 Å². The molecule has 0 fully saturated rings. The fourth-order valence-electron chi connectivity index (χ4n) is 2.24. The predicted octanol–water partition coefficient (Wildman–Crippen LogP) is 3.88. The van der Waals surface area contributed by atoms with Gasteiger partial charge in [-0.2, -0.15) is 0 Å². The van der Waals surface area contributed by atoms with Crippen LogP contribution < -0.4 is 15.8 Å². The van der Waals surface area contributed by atoms with E-state index < -0.39 is 0 Å². The Morgan fingerprint density at radius 1 is 1.25 bits per heavy atom. The van der Waals surface area contributed by atoms with Gasteiger partial charge in [-0.05, 0) is 36.8 Å². The second-order valence-corrected chi connectivity index (χ2v) is 5.61. The molecule has 0 radical (unpaired) electrons. The van der Waals surface area contributed by atoms with Gasteiger partial charge in [-0.15, -0.1) is 0 Å². The van der Waals surface area contributed by atoms with Crippen molar-refractivity contribution in [2.45, 2.75) is 13.0 Å². The first-order chi connectivity index (χ1) is 9.63. The van der Waals surface area contributed by atoms with Crippen molar-refractivity contribution in [2.24, 2.45) is 5.73 Å². The number of halogens is 1. The smallest absolute Gasteiger partial charge is 0.124 e. The van der Waals surface area contributed by atoms with E-state index in [1.807, 2.05) is 30.3 Å². The zero-order valence-electron chi connectivity index (χ0n) is 11.7. The van der Waals surface area contributed by atoms with Gasteiger partial charge < -0.3 is 15.8 Å². The summed E-state index contributed by atoms with van der Waals surface area (Å²) in [7, 11) is 1.68. The van der Waals surface area contributed by atoms with E-state index in [0.717, 1.165) is 21.5 Å². The van der Waals surface area contributed by atoms with Gasteiger partial charge in [-0.3, -0.25) is 0 Å². The lowest BCUT2D eigenvalue weighted by Gasteiger charge is -2.21. The van der Waals surface area contributed by atoms with Crippen LogP contribution in [0.3, 0.4) is 0 Å². The minimum atomic E-state index is 0.0137. The quantitative estimate of drug-likeness (QED) is 0.872. The number of hydrogen-bond acceptors (Lipinski definition) is 3. The molecular formula is C16H19BrN2O. The number of benzene rings is 2. The minimum absolute atomic E-state index is 0.0137. The standard InChI is InChI=1S/C16H19BrN2O/c1-11-7-12(17)9-13(8-11)19-15(10-18)14-5-3-4-6-16(14)20-2/h3-9,15,19H,10,18H2,1-2H3. The average molecular weight is 335 g/mol. The van der Waals surface area contributed by atoms with Gasteiger partial charge in [0.1, 0.15) is 5.75 Å². The molecule has 0 heterocycles. The second-order valence-electron chi connectivity index (χ2n) is 4.69. The third-order valence-corrected chi connectivity index (χ3v) is 3.59. The molecule has 1 atom stereocenters. The van der Waals surface area contributed by atoms with Crippen LogP contribution in [0.1, 0.15) is 17.2 Å². The van der Waals surface area contributed by atoms with Crippen LogP contribution in [0.25, 0.3) is 0 Å². The molecule has 0 saturated carbocycles. The second kappa shape index (κ2) is 6.77. The molecule has 0 aliphatic carbocycles. The van der Waals surface area contributed by atoms with E-state index in [0.29, 0.717) is 6.54 Å². The van der Waals surface area contributed by atoms with Crippen molar-refractivity contribution in [1.29, 1.82) is 0 Å². The highest BCUT2D eigenvalue weighted by molar-refractivity contribution is 9.10. The van der Waals surface area contributed by atoms with Gasteiger partial charge >= 0.3 is 0 Å². The number of ether oxygens (including phenoxy) is 1. The Kier molecular flexibility index (Phi) is 5.04. The highest BCUT2D eigenvalue weighted by Crippen LogP contribution is 2.28. The Morgan fingerprint density at radius 2 is 2.00 bits per heavy atom. The minimum Gasteiger partial charge on any atom is -0.496 e. The van der Waals surface area contributed by atoms with E-state index in [-0.39, 0.29) is 6.04 Å². The van der Waals surface area contributed by atoms with Gasteiger partial charge in [0.05, 0.1) is 13.2 Å². The molecule has 4 heteroatoms. The lowest BCUT2D eigenvalue weighted by Crippen LogP contribution is -2.21. The van der Waals surface area contributed by atoms with Gasteiger partial charge in [0.25, 0.3) is 0 Å². The lowest BCUT2D eigenvalue weighted by molar-refractivity contribution is 0.407. The van der Waals surface area contributed by atoms with Crippen LogP contribution in [0.2, 0.25) is 0 Å². The maximum Gasteiger partial charge on any atom is 0.124 e. The Hall–Kier alpha value is -1.52. The Balaban J connectivity index is 2.28. The first-order valence-corrected chi connectivity index (χ1v) is 7.30. The van der Waals surface area contributed by atoms with Crippen LogP contribution in [-0.4, -0.2) is 13.7 Å². The first kappa shape index (κ1) is 14.9. The molecule has 20 heavy (non-hydrogen) atoms. The van der Waals surface area contributed by atoms with Gasteiger partial charge in [0.2, 0.25) is 0 Å². The summed E-state index contributed by atoms with van der Waals surface area (Å²) in [6.07, 6.45) is 0. The molecule has 0 saturated heterocycles. The molecule has 0 aliphatic heterocycles. The normalized spacial score (nSPS) is 12.0. The van der Waals surface area contributed by atoms with Gasteiger partial charge in [-0.1, -0.05) is 34.1 Å². The highest BCUT2D eigenvalue weighted by atomic mass is 79.9. The fourth-order valence-corrected chi connectivity index (χ4v) is 2.85. The van der Waals surface area contributed by atoms with Crippen LogP contribution in [-0.2, 0) is 0 Å². The van der Waals surface area contributed by atoms with E-state index in [1.54, 1.807) is 7.11 Å². The van der Waals surface area contributed by atoms with Crippen molar-refractivity contribution in [3.8, 4) is 5.75 Å². The van der Waals surface area contributed by atoms with E-state index in [4.69, 9.17) is 10.5 Å². The Morgan fingerprint density at radius 3 is 2.65 bits per heavy atom. The molecule has 0 aliphatic rings. The lowest BCUT2D eigenvalue weighted by atomic mass is 10.0. The molecule has 3 nitrogen and oxygen atoms in total. The number of para-hydroxylation sites is 1. The van der Waals surface area contributed by atoms with Crippen molar-refractivity contribution in [3.05, 3.63) is 58.1 Å². The molecule has 2 aromatic carbocycles. The molecule has 2 aromatic rings. The third-order valence-electron chi connectivity index (χ3n) is 3.13. The predicted molar refractivity (Wildman–Crippen MR) is 87.3 cm³/mol. The van der Waals surface area contributed by atoms with E-state index in [1.165, 1.54) is 5.56 Å². The fraction of sp³-hybridized carbons (Fsp3) is 0.250. The number of rotatable bonds is 5. The summed E-state index contributed by atoms with van der Waals surface area (Å²) in [4.78, 5) is 0. The summed E-state index contributed by atoms with van der Waals surface area (Å²) in [6.45, 7) is 2.56. The van der Waals surface area contributed by atoms with Crippen molar-refractivity contribution >= 4 is 21.6 Å². The van der Waals surface area contributed by atoms with Crippen LogP contribution >= 0.6 is 15.9 Å². The maximum atomic E-state index is 5.92. The third kappa shape index (κ3) is 3.52. The topological polar surface area (TPSA) is 47.3 Å². The monoisotopic (exact) mass is 334 g/mol. The van der Waals surface area contributed by atoms with E-state index in [2.05, 4.69) is 40.3 Å². The molecule has 0 bridgehead atoms. The summed E-state index contributed by atoms with van der Waals surface area (Å²) >= 11 is 3.51. The number of anilines is 1. The molecule has 0 spiro atoms. The van der Waals surface area contributed by atoms with Crippen LogP contribution in [0.4, 0.5) is 5.69 Å². The number of hydrogen-bond donors (Lipinski definition) is 2. The van der Waals surface area contributed by atoms with Crippen LogP contribution in [0, 0.1) is 6.92 Å². The van der Waals surface area contributed by atoms with Gasteiger partial charge in [0, 0.05) is 22.3 Å². The van der Waals surface area contributed by atoms with Gasteiger partial charge in [0.15, 0.2) is 0 Å². The number of methoxy groups -OCH3 is 1. The molecular weight excluding hydrogens is 316 g/mol. The number of aryl methyl sites for hydroxylation is 1. The molecule has 3 N–H and O–H groups in total. The SMILES string of the molecule is COc1ccccc1C(CN)Nc1cc(C)cc(Br)c1. The maximum absolute atomic E-state index is 5.92. The van der Waals surface area contributed by atoms with E-state index in [9.17, 15) is 0 Å². The zero-order valence-corrected chi connectivity index (χ0v) is 13.3. The number of nitrogens with two attached hydrogens (primary N) is 1.